The summed E-state index contributed by atoms with van der Waals surface area (Å²) in [5, 5.41) is 0. The maximum atomic E-state index is 3.68. The molecule has 0 atom stereocenters. The van der Waals surface area contributed by atoms with Gasteiger partial charge in [-0.1, -0.05) is 105 Å². The molecule has 142 valence electrons. The number of hydrogen-bond donors (Lipinski definition) is 0. The van der Waals surface area contributed by atoms with Crippen LogP contribution in [0.1, 0.15) is 33.4 Å². The first-order valence-electron chi connectivity index (χ1n) is 9.92. The van der Waals surface area contributed by atoms with E-state index >= 15 is 0 Å². The third kappa shape index (κ3) is 2.71. The second-order valence-corrected chi connectivity index (χ2v) is 9.47. The Balaban J connectivity index is 1.82. The number of halogens is 2. The molecule has 4 aromatic carbocycles. The monoisotopic (exact) mass is 510 g/mol. The molecule has 0 bridgehead atoms. The second-order valence-electron chi connectivity index (χ2n) is 7.64. The molecule has 2 heteroatoms. The fourth-order valence-electron chi connectivity index (χ4n) is 4.66. The summed E-state index contributed by atoms with van der Waals surface area (Å²) in [5.41, 5.74) is 12.8. The Bertz CT molecular complexity index is 1300. The molecule has 2 aliphatic carbocycles. The first kappa shape index (κ1) is 18.1. The van der Waals surface area contributed by atoms with Crippen LogP contribution in [-0.2, 0) is 0 Å². The van der Waals surface area contributed by atoms with E-state index in [9.17, 15) is 0 Å². The summed E-state index contributed by atoms with van der Waals surface area (Å²) in [5.74, 6) is 0. The molecule has 30 heavy (non-hydrogen) atoms. The van der Waals surface area contributed by atoms with Gasteiger partial charge in [0.2, 0.25) is 0 Å². The fourth-order valence-corrected chi connectivity index (χ4v) is 5.39. The summed E-state index contributed by atoms with van der Waals surface area (Å²) < 4.78 is 2.20. The van der Waals surface area contributed by atoms with Crippen LogP contribution < -0.4 is 0 Å². The van der Waals surface area contributed by atoms with Gasteiger partial charge in [-0.2, -0.15) is 0 Å². The molecular weight excluding hydrogens is 496 g/mol. The Hall–Kier alpha value is -2.68. The van der Waals surface area contributed by atoms with Gasteiger partial charge in [0.1, 0.15) is 0 Å². The first-order valence-corrected chi connectivity index (χ1v) is 11.5. The molecule has 0 aromatic heterocycles. The molecule has 0 aliphatic heterocycles. The normalized spacial score (nSPS) is 13.4. The van der Waals surface area contributed by atoms with Crippen LogP contribution in [-0.4, -0.2) is 0 Å². The standard InChI is InChI=1S/C28H16Br2/c29-19-11-13-23-25(15-19)26-16-20(30)12-14-24(26)28(23)27-21-7-3-1-5-17(21)9-10-18-6-2-4-8-22(18)27/h1-16H. The molecule has 0 heterocycles. The van der Waals surface area contributed by atoms with Crippen molar-refractivity contribution in [3.05, 3.63) is 127 Å². The first-order chi connectivity index (χ1) is 14.7. The van der Waals surface area contributed by atoms with E-state index < -0.39 is 0 Å². The molecule has 0 N–H and O–H groups in total. The van der Waals surface area contributed by atoms with Gasteiger partial charge in [0.05, 0.1) is 0 Å². The molecule has 0 nitrogen and oxygen atoms in total. The molecule has 0 fully saturated rings. The van der Waals surface area contributed by atoms with E-state index in [0.29, 0.717) is 0 Å². The minimum absolute atomic E-state index is 1.10. The highest BCUT2D eigenvalue weighted by atomic mass is 79.9. The summed E-state index contributed by atoms with van der Waals surface area (Å²) >= 11 is 7.36. The third-order valence-corrected chi connectivity index (χ3v) is 6.93. The van der Waals surface area contributed by atoms with E-state index in [1.54, 1.807) is 0 Å². The van der Waals surface area contributed by atoms with Gasteiger partial charge in [-0.3, -0.25) is 0 Å². The van der Waals surface area contributed by atoms with Crippen molar-refractivity contribution in [1.82, 2.24) is 0 Å². The average Bonchev–Trinajstić information content (AvgIpc) is 2.96. The van der Waals surface area contributed by atoms with Gasteiger partial charge >= 0.3 is 0 Å². The Kier molecular flexibility index (Phi) is 4.19. The SMILES string of the molecule is Brc1ccc2c(c1)-c1cc(Br)ccc1C2=C1c2ccccc2C=Cc2ccccc21. The van der Waals surface area contributed by atoms with Crippen molar-refractivity contribution in [3.8, 4) is 11.1 Å². The number of benzene rings is 4. The molecule has 0 unspecified atom stereocenters. The highest BCUT2D eigenvalue weighted by Crippen LogP contribution is 2.51. The van der Waals surface area contributed by atoms with E-state index in [2.05, 4.69) is 129 Å². The molecule has 2 aliphatic rings. The Morgan fingerprint density at radius 3 is 1.33 bits per heavy atom. The maximum absolute atomic E-state index is 3.68. The van der Waals surface area contributed by atoms with Gasteiger partial charge in [0.15, 0.2) is 0 Å². The van der Waals surface area contributed by atoms with E-state index in [-0.39, 0.29) is 0 Å². The minimum Gasteiger partial charge on any atom is -0.0616 e. The molecule has 6 rings (SSSR count). The highest BCUT2D eigenvalue weighted by molar-refractivity contribution is 9.10. The Labute approximate surface area is 192 Å². The van der Waals surface area contributed by atoms with Crippen molar-refractivity contribution in [1.29, 1.82) is 0 Å². The third-order valence-electron chi connectivity index (χ3n) is 5.94. The van der Waals surface area contributed by atoms with Crippen LogP contribution >= 0.6 is 31.9 Å². The molecule has 0 saturated heterocycles. The fraction of sp³-hybridized carbons (Fsp3) is 0. The van der Waals surface area contributed by atoms with Gasteiger partial charge in [0, 0.05) is 8.95 Å². The Morgan fingerprint density at radius 1 is 0.400 bits per heavy atom. The Morgan fingerprint density at radius 2 is 0.833 bits per heavy atom. The van der Waals surface area contributed by atoms with Crippen molar-refractivity contribution in [3.63, 3.8) is 0 Å². The molecule has 0 spiro atoms. The second kappa shape index (κ2) is 6.94. The van der Waals surface area contributed by atoms with Gasteiger partial charge in [-0.15, -0.1) is 0 Å². The van der Waals surface area contributed by atoms with Gasteiger partial charge in [0.25, 0.3) is 0 Å². The summed E-state index contributed by atoms with van der Waals surface area (Å²) in [6.45, 7) is 0. The molecule has 4 aromatic rings. The minimum atomic E-state index is 1.10. The zero-order valence-electron chi connectivity index (χ0n) is 16.0. The van der Waals surface area contributed by atoms with Gasteiger partial charge in [-0.05, 0) is 79.9 Å². The predicted octanol–water partition coefficient (Wildman–Crippen LogP) is 8.68. The molecule has 0 saturated carbocycles. The molecular formula is C28H16Br2. The predicted molar refractivity (Wildman–Crippen MR) is 134 cm³/mol. The van der Waals surface area contributed by atoms with Crippen LogP contribution in [0.3, 0.4) is 0 Å². The van der Waals surface area contributed by atoms with E-state index in [0.717, 1.165) is 8.95 Å². The lowest BCUT2D eigenvalue weighted by atomic mass is 9.86. The van der Waals surface area contributed by atoms with Crippen LogP contribution in [0.25, 0.3) is 34.4 Å². The van der Waals surface area contributed by atoms with Crippen molar-refractivity contribution < 1.29 is 0 Å². The van der Waals surface area contributed by atoms with Gasteiger partial charge in [-0.25, -0.2) is 0 Å². The lowest BCUT2D eigenvalue weighted by molar-refractivity contribution is 1.52. The summed E-state index contributed by atoms with van der Waals surface area (Å²) in [7, 11) is 0. The maximum Gasteiger partial charge on any atom is 0.0181 e. The van der Waals surface area contributed by atoms with Crippen LogP contribution in [0.2, 0.25) is 0 Å². The topological polar surface area (TPSA) is 0 Å². The van der Waals surface area contributed by atoms with E-state index in [1.165, 1.54) is 55.7 Å². The van der Waals surface area contributed by atoms with Crippen LogP contribution in [0.4, 0.5) is 0 Å². The summed E-state index contributed by atoms with van der Waals surface area (Å²) in [6, 6.07) is 30.7. The summed E-state index contributed by atoms with van der Waals surface area (Å²) in [4.78, 5) is 0. The van der Waals surface area contributed by atoms with E-state index in [1.807, 2.05) is 0 Å². The van der Waals surface area contributed by atoms with Crippen molar-refractivity contribution in [2.45, 2.75) is 0 Å². The smallest absolute Gasteiger partial charge is 0.0181 e. The van der Waals surface area contributed by atoms with E-state index in [4.69, 9.17) is 0 Å². The number of fused-ring (bicyclic) bond motifs is 5. The average molecular weight is 512 g/mol. The van der Waals surface area contributed by atoms with Crippen molar-refractivity contribution >= 4 is 55.2 Å². The summed E-state index contributed by atoms with van der Waals surface area (Å²) in [6.07, 6.45) is 4.48. The van der Waals surface area contributed by atoms with Crippen LogP contribution in [0, 0.1) is 0 Å². The number of rotatable bonds is 0. The van der Waals surface area contributed by atoms with Crippen molar-refractivity contribution in [2.24, 2.45) is 0 Å². The quantitative estimate of drug-likeness (QED) is 0.191. The van der Waals surface area contributed by atoms with Crippen LogP contribution in [0.5, 0.6) is 0 Å². The number of hydrogen-bond acceptors (Lipinski definition) is 0. The molecule has 0 amide bonds. The highest BCUT2D eigenvalue weighted by Gasteiger charge is 2.29. The largest absolute Gasteiger partial charge is 0.0616 e. The zero-order valence-corrected chi connectivity index (χ0v) is 19.2. The zero-order chi connectivity index (χ0) is 20.2. The van der Waals surface area contributed by atoms with Crippen LogP contribution in [0.15, 0.2) is 93.9 Å². The van der Waals surface area contributed by atoms with Gasteiger partial charge < -0.3 is 0 Å². The lowest BCUT2D eigenvalue weighted by Crippen LogP contribution is -1.97. The lowest BCUT2D eigenvalue weighted by Gasteiger charge is -2.17. The molecule has 0 radical (unpaired) electrons. The van der Waals surface area contributed by atoms with Crippen molar-refractivity contribution in [2.75, 3.05) is 0 Å².